The number of carbonyl (C=O) groups excluding carboxylic acids is 1. The first-order valence-electron chi connectivity index (χ1n) is 5.32. The Labute approximate surface area is 85.5 Å². The fourth-order valence-corrected chi connectivity index (χ4v) is 1.57. The van der Waals surface area contributed by atoms with Crippen LogP contribution in [0.3, 0.4) is 0 Å². The van der Waals surface area contributed by atoms with E-state index >= 15 is 0 Å². The number of carbonyl (C=O) groups is 1. The third-order valence-electron chi connectivity index (χ3n) is 2.39. The average Bonchev–Trinajstić information content (AvgIpc) is 2.68. The maximum Gasteiger partial charge on any atom is 0.220 e. The molecule has 1 rings (SSSR count). The second-order valence-corrected chi connectivity index (χ2v) is 3.60. The normalized spacial score (nSPS) is 20.7. The van der Waals surface area contributed by atoms with Crippen molar-refractivity contribution in [3.8, 4) is 0 Å². The molecule has 0 aliphatic carbocycles. The predicted molar refractivity (Wildman–Crippen MR) is 56.0 cm³/mol. The first-order chi connectivity index (χ1) is 6.83. The molecule has 1 saturated heterocycles. The van der Waals surface area contributed by atoms with E-state index < -0.39 is 0 Å². The molecule has 3 nitrogen and oxygen atoms in total. The fourth-order valence-electron chi connectivity index (χ4n) is 1.57. The number of hydrogen-bond donors (Lipinski definition) is 1. The molecular formula is C11H19NO2. The lowest BCUT2D eigenvalue weighted by atomic mass is 10.1. The summed E-state index contributed by atoms with van der Waals surface area (Å²) in [4.78, 5) is 11.3. The second kappa shape index (κ2) is 6.60. The van der Waals surface area contributed by atoms with Crippen LogP contribution in [0.2, 0.25) is 0 Å². The van der Waals surface area contributed by atoms with Gasteiger partial charge in [0.15, 0.2) is 0 Å². The van der Waals surface area contributed by atoms with E-state index in [1.54, 1.807) is 6.08 Å². The molecule has 1 heterocycles. The molecule has 1 aliphatic rings. The summed E-state index contributed by atoms with van der Waals surface area (Å²) in [5, 5.41) is 2.84. The van der Waals surface area contributed by atoms with Crippen LogP contribution in [0.4, 0.5) is 0 Å². The maximum atomic E-state index is 11.3. The summed E-state index contributed by atoms with van der Waals surface area (Å²) in [6, 6.07) is 0. The third-order valence-corrected chi connectivity index (χ3v) is 2.39. The van der Waals surface area contributed by atoms with Crippen molar-refractivity contribution >= 4 is 5.91 Å². The number of hydrogen-bond acceptors (Lipinski definition) is 2. The molecule has 1 unspecified atom stereocenters. The van der Waals surface area contributed by atoms with Gasteiger partial charge in [-0.05, 0) is 25.7 Å². The molecule has 80 valence electrons. The molecule has 1 atom stereocenters. The van der Waals surface area contributed by atoms with E-state index in [1.165, 1.54) is 0 Å². The lowest BCUT2D eigenvalue weighted by molar-refractivity contribution is -0.121. The molecule has 1 amide bonds. The third kappa shape index (κ3) is 4.42. The van der Waals surface area contributed by atoms with Gasteiger partial charge in [0, 0.05) is 19.6 Å². The van der Waals surface area contributed by atoms with Crippen molar-refractivity contribution in [3.63, 3.8) is 0 Å². The Balaban J connectivity index is 1.99. The van der Waals surface area contributed by atoms with Gasteiger partial charge in [0.1, 0.15) is 0 Å². The quantitative estimate of drug-likeness (QED) is 0.519. The van der Waals surface area contributed by atoms with Gasteiger partial charge in [-0.15, -0.1) is 6.58 Å². The van der Waals surface area contributed by atoms with Gasteiger partial charge in [0.25, 0.3) is 0 Å². The van der Waals surface area contributed by atoms with E-state index in [0.29, 0.717) is 19.1 Å². The van der Waals surface area contributed by atoms with Crippen molar-refractivity contribution in [1.82, 2.24) is 5.32 Å². The zero-order chi connectivity index (χ0) is 10.2. The summed E-state index contributed by atoms with van der Waals surface area (Å²) in [7, 11) is 0. The highest BCUT2D eigenvalue weighted by atomic mass is 16.5. The molecule has 1 aliphatic heterocycles. The van der Waals surface area contributed by atoms with Gasteiger partial charge < -0.3 is 10.1 Å². The van der Waals surface area contributed by atoms with E-state index in [-0.39, 0.29) is 5.91 Å². The van der Waals surface area contributed by atoms with Gasteiger partial charge in [0.2, 0.25) is 5.91 Å². The molecule has 14 heavy (non-hydrogen) atoms. The van der Waals surface area contributed by atoms with Crippen LogP contribution in [-0.4, -0.2) is 25.2 Å². The van der Waals surface area contributed by atoms with Crippen LogP contribution in [0.15, 0.2) is 12.7 Å². The van der Waals surface area contributed by atoms with Crippen LogP contribution in [0.1, 0.15) is 32.1 Å². The minimum atomic E-state index is 0.127. The van der Waals surface area contributed by atoms with E-state index in [1.807, 2.05) is 0 Å². The number of rotatable bonds is 6. The zero-order valence-corrected chi connectivity index (χ0v) is 8.63. The standard InChI is InChI=1S/C11H19NO2/c1-2-3-8-12-11(13)7-6-10-5-4-9-14-10/h2,10H,1,3-9H2,(H,12,13). The molecule has 0 aromatic rings. The molecule has 0 aromatic heterocycles. The van der Waals surface area contributed by atoms with Gasteiger partial charge in [0.05, 0.1) is 6.10 Å². The summed E-state index contributed by atoms with van der Waals surface area (Å²) in [5.74, 6) is 0.127. The zero-order valence-electron chi connectivity index (χ0n) is 8.63. The topological polar surface area (TPSA) is 38.3 Å². The van der Waals surface area contributed by atoms with Gasteiger partial charge in [-0.1, -0.05) is 6.08 Å². The Hall–Kier alpha value is -0.830. The number of nitrogens with one attached hydrogen (secondary N) is 1. The lowest BCUT2D eigenvalue weighted by Gasteiger charge is -2.08. The van der Waals surface area contributed by atoms with Crippen LogP contribution in [0.5, 0.6) is 0 Å². The molecule has 0 spiro atoms. The van der Waals surface area contributed by atoms with Crippen molar-refractivity contribution in [2.24, 2.45) is 0 Å². The molecule has 1 N–H and O–H groups in total. The SMILES string of the molecule is C=CCCNC(=O)CCC1CCCO1. The minimum Gasteiger partial charge on any atom is -0.378 e. The van der Waals surface area contributed by atoms with Crippen molar-refractivity contribution in [2.75, 3.05) is 13.2 Å². The van der Waals surface area contributed by atoms with Crippen LogP contribution in [-0.2, 0) is 9.53 Å². The fraction of sp³-hybridized carbons (Fsp3) is 0.727. The van der Waals surface area contributed by atoms with Crippen LogP contribution in [0, 0.1) is 0 Å². The highest BCUT2D eigenvalue weighted by molar-refractivity contribution is 5.75. The van der Waals surface area contributed by atoms with Crippen molar-refractivity contribution < 1.29 is 9.53 Å². The number of amides is 1. The monoisotopic (exact) mass is 197 g/mol. The van der Waals surface area contributed by atoms with Gasteiger partial charge in [-0.3, -0.25) is 4.79 Å². The average molecular weight is 197 g/mol. The van der Waals surface area contributed by atoms with Crippen LogP contribution in [0.25, 0.3) is 0 Å². The minimum absolute atomic E-state index is 0.127. The first-order valence-corrected chi connectivity index (χ1v) is 5.32. The summed E-state index contributed by atoms with van der Waals surface area (Å²) in [5.41, 5.74) is 0. The molecule has 0 radical (unpaired) electrons. The summed E-state index contributed by atoms with van der Waals surface area (Å²) < 4.78 is 5.43. The molecule has 3 heteroatoms. The van der Waals surface area contributed by atoms with Gasteiger partial charge >= 0.3 is 0 Å². The molecule has 1 fully saturated rings. The largest absolute Gasteiger partial charge is 0.378 e. The van der Waals surface area contributed by atoms with E-state index in [2.05, 4.69) is 11.9 Å². The highest BCUT2D eigenvalue weighted by Crippen LogP contribution is 2.16. The van der Waals surface area contributed by atoms with Crippen LogP contribution < -0.4 is 5.32 Å². The van der Waals surface area contributed by atoms with E-state index in [9.17, 15) is 4.79 Å². The Morgan fingerprint density at radius 1 is 1.64 bits per heavy atom. The number of ether oxygens (including phenoxy) is 1. The second-order valence-electron chi connectivity index (χ2n) is 3.60. The molecule has 0 bridgehead atoms. The Morgan fingerprint density at radius 2 is 2.50 bits per heavy atom. The Morgan fingerprint density at radius 3 is 3.14 bits per heavy atom. The molecule has 0 saturated carbocycles. The Kier molecular flexibility index (Phi) is 5.30. The van der Waals surface area contributed by atoms with E-state index in [4.69, 9.17) is 4.74 Å². The smallest absolute Gasteiger partial charge is 0.220 e. The lowest BCUT2D eigenvalue weighted by Crippen LogP contribution is -2.25. The van der Waals surface area contributed by atoms with E-state index in [0.717, 1.165) is 32.3 Å². The highest BCUT2D eigenvalue weighted by Gasteiger charge is 2.16. The molecular weight excluding hydrogens is 178 g/mol. The summed E-state index contributed by atoms with van der Waals surface area (Å²) in [6.07, 6.45) is 6.66. The first kappa shape index (κ1) is 11.2. The maximum absolute atomic E-state index is 11.3. The summed E-state index contributed by atoms with van der Waals surface area (Å²) in [6.45, 7) is 5.16. The summed E-state index contributed by atoms with van der Waals surface area (Å²) >= 11 is 0. The van der Waals surface area contributed by atoms with Crippen LogP contribution >= 0.6 is 0 Å². The van der Waals surface area contributed by atoms with Gasteiger partial charge in [-0.2, -0.15) is 0 Å². The van der Waals surface area contributed by atoms with Crippen molar-refractivity contribution in [1.29, 1.82) is 0 Å². The van der Waals surface area contributed by atoms with Crippen molar-refractivity contribution in [2.45, 2.75) is 38.2 Å². The predicted octanol–water partition coefficient (Wildman–Crippen LogP) is 1.64. The Bertz CT molecular complexity index is 186. The van der Waals surface area contributed by atoms with Crippen molar-refractivity contribution in [3.05, 3.63) is 12.7 Å². The molecule has 0 aromatic carbocycles. The van der Waals surface area contributed by atoms with Gasteiger partial charge in [-0.25, -0.2) is 0 Å².